The second-order valence-corrected chi connectivity index (χ2v) is 12.0. The Morgan fingerprint density at radius 2 is 1.91 bits per heavy atom. The van der Waals surface area contributed by atoms with Crippen LogP contribution in [0.15, 0.2) is 36.4 Å². The average molecular weight is 452 g/mol. The lowest BCUT2D eigenvalue weighted by atomic mass is 9.87. The van der Waals surface area contributed by atoms with E-state index in [1.807, 2.05) is 11.3 Å². The maximum atomic E-state index is 6.36. The van der Waals surface area contributed by atoms with Crippen LogP contribution in [0.5, 0.6) is 5.06 Å². The van der Waals surface area contributed by atoms with E-state index >= 15 is 0 Å². The molecule has 2 aliphatic rings. The van der Waals surface area contributed by atoms with Crippen molar-refractivity contribution in [3.63, 3.8) is 0 Å². The Kier molecular flexibility index (Phi) is 5.85. The first-order chi connectivity index (χ1) is 15.3. The molecule has 0 radical (unpaired) electrons. The van der Waals surface area contributed by atoms with Crippen LogP contribution in [0.3, 0.4) is 0 Å². The fourth-order valence-electron chi connectivity index (χ4n) is 5.41. The lowest BCUT2D eigenvalue weighted by Crippen LogP contribution is -2.53. The first kappa shape index (κ1) is 22.0. The Morgan fingerprint density at radius 3 is 2.66 bits per heavy atom. The molecule has 0 unspecified atom stereocenters. The number of hydrogen-bond acceptors (Lipinski definition) is 4. The Labute approximate surface area is 196 Å². The molecule has 2 aromatic heterocycles. The smallest absolute Gasteiger partial charge is 0.174 e. The molecule has 3 aromatic rings. The molecule has 4 heterocycles. The number of thiophene rings is 1. The van der Waals surface area contributed by atoms with Crippen LogP contribution in [0.2, 0.25) is 0 Å². The van der Waals surface area contributed by atoms with Gasteiger partial charge in [0, 0.05) is 47.2 Å². The topological polar surface area (TPSA) is 31.5 Å². The average Bonchev–Trinajstić information content (AvgIpc) is 3.30. The maximum Gasteiger partial charge on any atom is 0.174 e. The summed E-state index contributed by atoms with van der Waals surface area (Å²) in [5, 5.41) is 2.45. The van der Waals surface area contributed by atoms with Crippen LogP contribution in [-0.4, -0.2) is 53.1 Å². The number of likely N-dealkylation sites (tertiary alicyclic amines) is 1. The molecule has 0 saturated carbocycles. The van der Waals surface area contributed by atoms with Crippen molar-refractivity contribution in [2.75, 3.05) is 26.2 Å². The third-order valence-corrected chi connectivity index (χ3v) is 7.82. The molecule has 4 nitrogen and oxygen atoms in total. The van der Waals surface area contributed by atoms with Crippen LogP contribution < -0.4 is 4.74 Å². The Bertz CT molecular complexity index is 1070. The molecule has 0 spiro atoms. The van der Waals surface area contributed by atoms with Crippen LogP contribution in [0.1, 0.15) is 63.2 Å². The predicted molar refractivity (Wildman–Crippen MR) is 135 cm³/mol. The van der Waals surface area contributed by atoms with E-state index in [-0.39, 0.29) is 11.5 Å². The molecule has 5 rings (SSSR count). The van der Waals surface area contributed by atoms with Gasteiger partial charge >= 0.3 is 0 Å². The summed E-state index contributed by atoms with van der Waals surface area (Å²) in [5.41, 5.74) is 4.36. The summed E-state index contributed by atoms with van der Waals surface area (Å²) < 4.78 is 6.36. The highest BCUT2D eigenvalue weighted by Gasteiger charge is 2.38. The monoisotopic (exact) mass is 451 g/mol. The molecular formula is C27H37N3OS. The van der Waals surface area contributed by atoms with Gasteiger partial charge in [-0.2, -0.15) is 0 Å². The summed E-state index contributed by atoms with van der Waals surface area (Å²) in [6, 6.07) is 14.0. The molecule has 1 saturated heterocycles. The van der Waals surface area contributed by atoms with Crippen LogP contribution >= 0.6 is 11.3 Å². The van der Waals surface area contributed by atoms with E-state index in [0.717, 1.165) is 31.1 Å². The van der Waals surface area contributed by atoms with Gasteiger partial charge in [0.05, 0.1) is 6.04 Å². The number of H-pyrrole nitrogens is 1. The molecule has 1 N–H and O–H groups in total. The van der Waals surface area contributed by atoms with Crippen molar-refractivity contribution in [2.45, 2.75) is 65.6 Å². The molecule has 172 valence electrons. The first-order valence-corrected chi connectivity index (χ1v) is 13.0. The normalized spacial score (nSPS) is 22.8. The van der Waals surface area contributed by atoms with Crippen molar-refractivity contribution in [2.24, 2.45) is 5.41 Å². The van der Waals surface area contributed by atoms with Gasteiger partial charge in [-0.3, -0.25) is 9.80 Å². The van der Waals surface area contributed by atoms with E-state index in [9.17, 15) is 0 Å². The molecule has 1 fully saturated rings. The van der Waals surface area contributed by atoms with E-state index in [0.29, 0.717) is 12.1 Å². The minimum absolute atomic E-state index is 0.237. The quantitative estimate of drug-likeness (QED) is 0.492. The van der Waals surface area contributed by atoms with Gasteiger partial charge in [-0.1, -0.05) is 45.9 Å². The van der Waals surface area contributed by atoms with Crippen molar-refractivity contribution >= 4 is 22.2 Å². The molecule has 0 amide bonds. The molecule has 0 aliphatic carbocycles. The number of hydrogen-bond donors (Lipinski definition) is 1. The van der Waals surface area contributed by atoms with Crippen LogP contribution in [0, 0.1) is 5.41 Å². The number of aromatic nitrogens is 1. The molecule has 32 heavy (non-hydrogen) atoms. The van der Waals surface area contributed by atoms with Gasteiger partial charge in [-0.15, -0.1) is 11.3 Å². The number of para-hydroxylation sites is 1. The number of ether oxygens (including phenoxy) is 1. The van der Waals surface area contributed by atoms with E-state index in [4.69, 9.17) is 4.74 Å². The van der Waals surface area contributed by atoms with Gasteiger partial charge < -0.3 is 9.72 Å². The predicted octanol–water partition coefficient (Wildman–Crippen LogP) is 6.08. The molecule has 0 bridgehead atoms. The number of aromatic amines is 1. The van der Waals surface area contributed by atoms with Crippen molar-refractivity contribution in [1.82, 2.24) is 14.8 Å². The summed E-state index contributed by atoms with van der Waals surface area (Å²) in [4.78, 5) is 10.4. The fraction of sp³-hybridized carbons (Fsp3) is 0.556. The fourth-order valence-corrected chi connectivity index (χ4v) is 6.47. The van der Waals surface area contributed by atoms with Crippen LogP contribution in [0.4, 0.5) is 0 Å². The highest BCUT2D eigenvalue weighted by Crippen LogP contribution is 2.45. The molecule has 2 atom stereocenters. The zero-order valence-electron chi connectivity index (χ0n) is 20.1. The molecule has 1 aromatic carbocycles. The molecule has 2 aliphatic heterocycles. The van der Waals surface area contributed by atoms with E-state index in [1.54, 1.807) is 0 Å². The number of benzene rings is 1. The summed E-state index contributed by atoms with van der Waals surface area (Å²) in [6.07, 6.45) is 2.65. The summed E-state index contributed by atoms with van der Waals surface area (Å²) >= 11 is 1.83. The lowest BCUT2D eigenvalue weighted by Gasteiger charge is -2.43. The Morgan fingerprint density at radius 1 is 1.12 bits per heavy atom. The second-order valence-electron chi connectivity index (χ2n) is 10.9. The largest absolute Gasteiger partial charge is 0.478 e. The summed E-state index contributed by atoms with van der Waals surface area (Å²) in [6.45, 7) is 16.0. The highest BCUT2D eigenvalue weighted by atomic mass is 32.1. The molecule has 5 heteroatoms. The molecular weight excluding hydrogens is 414 g/mol. The minimum Gasteiger partial charge on any atom is -0.478 e. The third-order valence-electron chi connectivity index (χ3n) is 6.79. The zero-order chi connectivity index (χ0) is 22.5. The first-order valence-electron chi connectivity index (χ1n) is 12.2. The van der Waals surface area contributed by atoms with Gasteiger partial charge in [-0.25, -0.2) is 0 Å². The SMILES string of the molecule is CCCN1CC(Oc2ccc([C@@H]3c4[nH]c5ccccc5c4C[C@@H](C)N3CC(C)(C)C)s2)C1. The van der Waals surface area contributed by atoms with Crippen LogP contribution in [-0.2, 0) is 6.42 Å². The number of fused-ring (bicyclic) bond motifs is 3. The zero-order valence-corrected chi connectivity index (χ0v) is 21.0. The number of nitrogens with one attached hydrogen (secondary N) is 1. The number of rotatable bonds is 6. The standard InChI is InChI=1S/C27H37N3OS/c1-6-13-29-15-19(16-29)31-24-12-11-23(32-24)26-25-21(20-9-7-8-10-22(20)28-25)14-18(2)30(26)17-27(3,4)5/h7-12,18-19,26,28H,6,13-17H2,1-5H3/t18-,26-/m1/s1. The summed E-state index contributed by atoms with van der Waals surface area (Å²) in [7, 11) is 0. The van der Waals surface area contributed by atoms with Crippen molar-refractivity contribution in [1.29, 1.82) is 0 Å². The minimum atomic E-state index is 0.237. The Hall–Kier alpha value is -1.82. The van der Waals surface area contributed by atoms with Crippen LogP contribution in [0.25, 0.3) is 10.9 Å². The van der Waals surface area contributed by atoms with Crippen molar-refractivity contribution in [3.8, 4) is 5.06 Å². The second kappa shape index (κ2) is 8.51. The van der Waals surface area contributed by atoms with Gasteiger partial charge in [0.2, 0.25) is 0 Å². The maximum absolute atomic E-state index is 6.36. The Balaban J connectivity index is 1.46. The highest BCUT2D eigenvalue weighted by molar-refractivity contribution is 7.13. The van der Waals surface area contributed by atoms with Gasteiger partial charge in [0.1, 0.15) is 6.10 Å². The number of nitrogens with zero attached hydrogens (tertiary/aromatic N) is 2. The lowest BCUT2D eigenvalue weighted by molar-refractivity contribution is 0.0226. The van der Waals surface area contributed by atoms with Crippen molar-refractivity contribution < 1.29 is 4.74 Å². The summed E-state index contributed by atoms with van der Waals surface area (Å²) in [5.74, 6) is 0. The van der Waals surface area contributed by atoms with Gasteiger partial charge in [0.15, 0.2) is 5.06 Å². The van der Waals surface area contributed by atoms with Crippen molar-refractivity contribution in [3.05, 3.63) is 52.5 Å². The van der Waals surface area contributed by atoms with Gasteiger partial charge in [0.25, 0.3) is 0 Å². The third kappa shape index (κ3) is 4.23. The van der Waals surface area contributed by atoms with E-state index < -0.39 is 0 Å². The van der Waals surface area contributed by atoms with E-state index in [2.05, 4.69) is 85.8 Å². The van der Waals surface area contributed by atoms with E-state index in [1.165, 1.54) is 40.0 Å². The van der Waals surface area contributed by atoms with Gasteiger partial charge in [-0.05, 0) is 55.5 Å².